The van der Waals surface area contributed by atoms with Crippen LogP contribution in [0.25, 0.3) is 5.69 Å². The van der Waals surface area contributed by atoms with Crippen molar-refractivity contribution in [1.29, 1.82) is 0 Å². The van der Waals surface area contributed by atoms with Crippen LogP contribution in [-0.4, -0.2) is 58.1 Å². The number of nitrogens with one attached hydrogen (secondary N) is 1. The minimum absolute atomic E-state index is 0.157. The number of hydrogen-bond acceptors (Lipinski definition) is 6. The van der Waals surface area contributed by atoms with Crippen molar-refractivity contribution in [3.05, 3.63) is 88.5 Å². The summed E-state index contributed by atoms with van der Waals surface area (Å²) in [4.78, 5) is 30.3. The number of hydrogen-bond donors (Lipinski definition) is 1. The topological polar surface area (TPSA) is 103 Å². The Labute approximate surface area is 179 Å². The predicted molar refractivity (Wildman–Crippen MR) is 114 cm³/mol. The minimum Gasteiger partial charge on any atom is -0.379 e. The molecule has 1 amide bonds. The molecule has 1 aliphatic heterocycles. The van der Waals surface area contributed by atoms with Gasteiger partial charge in [-0.15, -0.1) is 0 Å². The van der Waals surface area contributed by atoms with Crippen molar-refractivity contribution in [2.75, 3.05) is 32.8 Å². The summed E-state index contributed by atoms with van der Waals surface area (Å²) in [5.41, 5.74) is 1.41. The third-order valence-electron chi connectivity index (χ3n) is 5.27. The van der Waals surface area contributed by atoms with Gasteiger partial charge in [-0.2, -0.15) is 0 Å². The number of aromatic nitrogens is 2. The van der Waals surface area contributed by atoms with Gasteiger partial charge in [0, 0.05) is 43.7 Å². The van der Waals surface area contributed by atoms with Gasteiger partial charge in [0.2, 0.25) is 0 Å². The number of rotatable bonds is 7. The van der Waals surface area contributed by atoms with Crippen molar-refractivity contribution in [3.63, 3.8) is 0 Å². The van der Waals surface area contributed by atoms with Crippen molar-refractivity contribution in [1.82, 2.24) is 19.8 Å². The van der Waals surface area contributed by atoms with Crippen LogP contribution in [-0.2, 0) is 4.74 Å². The Balaban J connectivity index is 1.57. The molecule has 0 radical (unpaired) electrons. The molecule has 0 saturated carbocycles. The first kappa shape index (κ1) is 20.7. The first-order valence-electron chi connectivity index (χ1n) is 10.0. The number of nitro groups is 1. The Kier molecular flexibility index (Phi) is 6.34. The van der Waals surface area contributed by atoms with Gasteiger partial charge in [0.25, 0.3) is 11.6 Å². The zero-order chi connectivity index (χ0) is 21.6. The fourth-order valence-electron chi connectivity index (χ4n) is 3.63. The standard InChI is InChI=1S/C22H23N5O4/c28-22(18-6-7-20(21(14-18)27(29)30)26-9-8-23-16-26)24-19(17-4-2-1-3-5-17)15-25-10-12-31-13-11-25/h1-9,14,16,19H,10-13,15H2,(H,24,28). The van der Waals surface area contributed by atoms with Crippen molar-refractivity contribution in [2.45, 2.75) is 6.04 Å². The first-order chi connectivity index (χ1) is 15.1. The van der Waals surface area contributed by atoms with Crippen LogP contribution in [0, 0.1) is 10.1 Å². The molecule has 1 saturated heterocycles. The highest BCUT2D eigenvalue weighted by Gasteiger charge is 2.23. The van der Waals surface area contributed by atoms with Gasteiger partial charge < -0.3 is 14.6 Å². The Morgan fingerprint density at radius 3 is 2.65 bits per heavy atom. The molecule has 0 bridgehead atoms. The Morgan fingerprint density at radius 2 is 1.97 bits per heavy atom. The maximum Gasteiger partial charge on any atom is 0.294 e. The highest BCUT2D eigenvalue weighted by molar-refractivity contribution is 5.95. The van der Waals surface area contributed by atoms with Gasteiger partial charge >= 0.3 is 0 Å². The molecule has 1 fully saturated rings. The summed E-state index contributed by atoms with van der Waals surface area (Å²) < 4.78 is 6.96. The van der Waals surface area contributed by atoms with E-state index in [1.54, 1.807) is 29.1 Å². The van der Waals surface area contributed by atoms with Crippen LogP contribution in [0.5, 0.6) is 0 Å². The number of carbonyl (C=O) groups excluding carboxylic acids is 1. The predicted octanol–water partition coefficient (Wildman–Crippen LogP) is 2.58. The molecule has 3 aromatic rings. The van der Waals surface area contributed by atoms with Gasteiger partial charge in [0.15, 0.2) is 0 Å². The van der Waals surface area contributed by atoms with E-state index in [4.69, 9.17) is 4.74 Å². The minimum atomic E-state index is -0.492. The number of morpholine rings is 1. The van der Waals surface area contributed by atoms with Crippen molar-refractivity contribution in [3.8, 4) is 5.69 Å². The first-order valence-corrected chi connectivity index (χ1v) is 10.0. The quantitative estimate of drug-likeness (QED) is 0.465. The molecule has 1 N–H and O–H groups in total. The van der Waals surface area contributed by atoms with Crippen LogP contribution < -0.4 is 5.32 Å². The number of imidazole rings is 1. The molecular formula is C22H23N5O4. The van der Waals surface area contributed by atoms with Gasteiger partial charge in [0.05, 0.1) is 30.5 Å². The average Bonchev–Trinajstić information content (AvgIpc) is 3.34. The second kappa shape index (κ2) is 9.50. The maximum absolute atomic E-state index is 13.0. The molecule has 1 aromatic heterocycles. The lowest BCUT2D eigenvalue weighted by Gasteiger charge is -2.31. The number of benzene rings is 2. The van der Waals surface area contributed by atoms with Crippen LogP contribution in [0.4, 0.5) is 5.69 Å². The number of amides is 1. The third-order valence-corrected chi connectivity index (χ3v) is 5.27. The molecule has 0 spiro atoms. The number of ether oxygens (including phenoxy) is 1. The monoisotopic (exact) mass is 421 g/mol. The van der Waals surface area contributed by atoms with E-state index in [9.17, 15) is 14.9 Å². The van der Waals surface area contributed by atoms with Gasteiger partial charge in [-0.1, -0.05) is 30.3 Å². The molecule has 9 heteroatoms. The molecule has 4 rings (SSSR count). The molecule has 2 heterocycles. The normalized spacial score (nSPS) is 15.4. The summed E-state index contributed by atoms with van der Waals surface area (Å²) in [6, 6.07) is 13.9. The number of nitro benzene ring substituents is 1. The van der Waals surface area contributed by atoms with Gasteiger partial charge in [-0.3, -0.25) is 19.8 Å². The fraction of sp³-hybridized carbons (Fsp3) is 0.273. The summed E-state index contributed by atoms with van der Waals surface area (Å²) in [5, 5.41) is 14.7. The second-order valence-corrected chi connectivity index (χ2v) is 7.28. The van der Waals surface area contributed by atoms with E-state index in [-0.39, 0.29) is 23.2 Å². The van der Waals surface area contributed by atoms with Crippen LogP contribution >= 0.6 is 0 Å². The lowest BCUT2D eigenvalue weighted by Crippen LogP contribution is -2.43. The average molecular weight is 421 g/mol. The summed E-state index contributed by atoms with van der Waals surface area (Å²) in [6.07, 6.45) is 4.64. The third kappa shape index (κ3) is 4.96. The largest absolute Gasteiger partial charge is 0.379 e. The summed E-state index contributed by atoms with van der Waals surface area (Å²) >= 11 is 0. The Bertz CT molecular complexity index is 1030. The Morgan fingerprint density at radius 1 is 1.19 bits per heavy atom. The lowest BCUT2D eigenvalue weighted by molar-refractivity contribution is -0.384. The smallest absolute Gasteiger partial charge is 0.294 e. The van der Waals surface area contributed by atoms with Gasteiger partial charge in [0.1, 0.15) is 5.69 Å². The van der Waals surface area contributed by atoms with E-state index in [1.807, 2.05) is 30.3 Å². The van der Waals surface area contributed by atoms with Crippen molar-refractivity contribution < 1.29 is 14.5 Å². The van der Waals surface area contributed by atoms with Crippen LogP contribution in [0.15, 0.2) is 67.3 Å². The molecule has 1 unspecified atom stereocenters. The fourth-order valence-corrected chi connectivity index (χ4v) is 3.63. The highest BCUT2D eigenvalue weighted by Crippen LogP contribution is 2.25. The van der Waals surface area contributed by atoms with E-state index in [0.29, 0.717) is 25.4 Å². The van der Waals surface area contributed by atoms with E-state index < -0.39 is 4.92 Å². The molecule has 31 heavy (non-hydrogen) atoms. The van der Waals surface area contributed by atoms with Crippen molar-refractivity contribution in [2.24, 2.45) is 0 Å². The zero-order valence-electron chi connectivity index (χ0n) is 16.9. The molecule has 1 aliphatic rings. The van der Waals surface area contributed by atoms with Crippen LogP contribution in [0.3, 0.4) is 0 Å². The molecule has 160 valence electrons. The van der Waals surface area contributed by atoms with E-state index >= 15 is 0 Å². The van der Waals surface area contributed by atoms with Crippen molar-refractivity contribution >= 4 is 11.6 Å². The van der Waals surface area contributed by atoms with Gasteiger partial charge in [-0.05, 0) is 17.7 Å². The Hall–Kier alpha value is -3.56. The summed E-state index contributed by atoms with van der Waals surface area (Å²) in [6.45, 7) is 3.55. The molecule has 1 atom stereocenters. The van der Waals surface area contributed by atoms with Gasteiger partial charge in [-0.25, -0.2) is 4.98 Å². The highest BCUT2D eigenvalue weighted by atomic mass is 16.6. The van der Waals surface area contributed by atoms with E-state index in [2.05, 4.69) is 15.2 Å². The second-order valence-electron chi connectivity index (χ2n) is 7.28. The lowest BCUT2D eigenvalue weighted by atomic mass is 10.0. The SMILES string of the molecule is O=C(NC(CN1CCOCC1)c1ccccc1)c1ccc(-n2ccnc2)c([N+](=O)[O-])c1. The number of carbonyl (C=O) groups is 1. The van der Waals surface area contributed by atoms with Crippen LogP contribution in [0.1, 0.15) is 22.0 Å². The maximum atomic E-state index is 13.0. The van der Waals surface area contributed by atoms with Crippen LogP contribution in [0.2, 0.25) is 0 Å². The molecule has 9 nitrogen and oxygen atoms in total. The molecule has 2 aromatic carbocycles. The van der Waals surface area contributed by atoms with E-state index in [0.717, 1.165) is 18.7 Å². The van der Waals surface area contributed by atoms with E-state index in [1.165, 1.54) is 12.4 Å². The molecule has 0 aliphatic carbocycles. The zero-order valence-corrected chi connectivity index (χ0v) is 16.9. The molecular weight excluding hydrogens is 398 g/mol. The summed E-state index contributed by atoms with van der Waals surface area (Å²) in [5.74, 6) is -0.359. The number of nitrogens with zero attached hydrogens (tertiary/aromatic N) is 4. The summed E-state index contributed by atoms with van der Waals surface area (Å²) in [7, 11) is 0.